The molecule has 0 radical (unpaired) electrons. The van der Waals surface area contributed by atoms with Crippen LogP contribution in [0.15, 0.2) is 66.0 Å². The highest BCUT2D eigenvalue weighted by Crippen LogP contribution is 2.46. The minimum absolute atomic E-state index is 0.131. The van der Waals surface area contributed by atoms with Gasteiger partial charge in [0, 0.05) is 23.4 Å². The molecule has 2 heterocycles. The van der Waals surface area contributed by atoms with E-state index in [1.54, 1.807) is 10.9 Å². The van der Waals surface area contributed by atoms with Crippen molar-refractivity contribution in [1.29, 1.82) is 0 Å². The lowest BCUT2D eigenvalue weighted by atomic mass is 9.73. The summed E-state index contributed by atoms with van der Waals surface area (Å²) < 4.78 is 1.78. The Morgan fingerprint density at radius 2 is 1.85 bits per heavy atom. The first-order valence-electron chi connectivity index (χ1n) is 11.3. The van der Waals surface area contributed by atoms with E-state index in [9.17, 15) is 9.59 Å². The Bertz CT molecular complexity index is 1300. The van der Waals surface area contributed by atoms with Crippen LogP contribution < -0.4 is 10.6 Å². The smallest absolute Gasteiger partial charge is 0.261 e. The van der Waals surface area contributed by atoms with E-state index >= 15 is 0 Å². The first kappa shape index (κ1) is 21.2. The van der Waals surface area contributed by atoms with E-state index in [-0.39, 0.29) is 23.1 Å². The van der Waals surface area contributed by atoms with Gasteiger partial charge in [-0.05, 0) is 48.9 Å². The minimum Gasteiger partial charge on any atom is -0.343 e. The summed E-state index contributed by atoms with van der Waals surface area (Å²) in [5, 5.41) is 11.0. The molecule has 168 valence electrons. The Balaban J connectivity index is 1.59. The van der Waals surface area contributed by atoms with E-state index in [4.69, 9.17) is 0 Å². The molecule has 2 aliphatic rings. The van der Waals surface area contributed by atoms with Gasteiger partial charge in [0.05, 0.1) is 6.20 Å². The maximum absolute atomic E-state index is 13.3. The molecule has 2 aromatic carbocycles. The van der Waals surface area contributed by atoms with Crippen LogP contribution in [0, 0.1) is 19.3 Å². The van der Waals surface area contributed by atoms with E-state index in [1.165, 1.54) is 0 Å². The van der Waals surface area contributed by atoms with Gasteiger partial charge in [0.25, 0.3) is 5.91 Å². The van der Waals surface area contributed by atoms with E-state index in [0.29, 0.717) is 17.8 Å². The second kappa shape index (κ2) is 7.73. The molecule has 0 spiro atoms. The molecule has 1 aromatic heterocycles. The third kappa shape index (κ3) is 3.86. The number of amides is 1. The van der Waals surface area contributed by atoms with Gasteiger partial charge in [0.15, 0.2) is 5.78 Å². The second-order valence-electron chi connectivity index (χ2n) is 9.95. The predicted octanol–water partition coefficient (Wildman–Crippen LogP) is 5.41. The number of benzene rings is 2. The van der Waals surface area contributed by atoms with E-state index < -0.39 is 0 Å². The third-order valence-corrected chi connectivity index (χ3v) is 6.42. The zero-order valence-electron chi connectivity index (χ0n) is 19.4. The predicted molar refractivity (Wildman–Crippen MR) is 129 cm³/mol. The van der Waals surface area contributed by atoms with Crippen LogP contribution in [-0.2, 0) is 4.79 Å². The van der Waals surface area contributed by atoms with Crippen molar-refractivity contribution in [3.63, 3.8) is 0 Å². The summed E-state index contributed by atoms with van der Waals surface area (Å²) >= 11 is 0. The molecule has 0 bridgehead atoms. The van der Waals surface area contributed by atoms with Gasteiger partial charge in [0.2, 0.25) is 0 Å². The zero-order valence-corrected chi connectivity index (χ0v) is 19.4. The molecule has 2 N–H and O–H groups in total. The quantitative estimate of drug-likeness (QED) is 0.571. The van der Waals surface area contributed by atoms with Crippen LogP contribution in [0.3, 0.4) is 0 Å². The molecule has 0 saturated heterocycles. The Morgan fingerprint density at radius 1 is 1.09 bits per heavy atom. The molecule has 33 heavy (non-hydrogen) atoms. The summed E-state index contributed by atoms with van der Waals surface area (Å²) in [6, 6.07) is 15.5. The molecule has 6 nitrogen and oxygen atoms in total. The molecule has 1 unspecified atom stereocenters. The van der Waals surface area contributed by atoms with Crippen LogP contribution in [0.1, 0.15) is 59.8 Å². The Hall–Kier alpha value is -3.67. The Morgan fingerprint density at radius 3 is 2.58 bits per heavy atom. The summed E-state index contributed by atoms with van der Waals surface area (Å²) in [6.45, 7) is 8.24. The van der Waals surface area contributed by atoms with E-state index in [0.717, 1.165) is 40.1 Å². The number of hydrogen-bond donors (Lipinski definition) is 2. The van der Waals surface area contributed by atoms with Gasteiger partial charge in [-0.15, -0.1) is 0 Å². The van der Waals surface area contributed by atoms with Crippen molar-refractivity contribution in [3.05, 3.63) is 88.3 Å². The van der Waals surface area contributed by atoms with Gasteiger partial charge < -0.3 is 10.6 Å². The number of carbonyl (C=O) groups excluding carboxylic acids is 2. The molecule has 1 amide bonds. The number of rotatable bonds is 3. The van der Waals surface area contributed by atoms with Gasteiger partial charge in [-0.3, -0.25) is 9.59 Å². The first-order valence-corrected chi connectivity index (χ1v) is 11.3. The lowest BCUT2D eigenvalue weighted by Crippen LogP contribution is -2.37. The molecular formula is C27H28N4O2. The highest BCUT2D eigenvalue weighted by Gasteiger charge is 2.42. The highest BCUT2D eigenvalue weighted by atomic mass is 16.1. The minimum atomic E-state index is -0.360. The fraction of sp³-hybridized carbons (Fsp3) is 0.296. The molecule has 5 rings (SSSR count). The summed E-state index contributed by atoms with van der Waals surface area (Å²) in [6.07, 6.45) is 2.82. The van der Waals surface area contributed by atoms with Crippen molar-refractivity contribution < 1.29 is 9.59 Å². The molecule has 0 saturated carbocycles. The van der Waals surface area contributed by atoms with Gasteiger partial charge in [-0.1, -0.05) is 55.8 Å². The summed E-state index contributed by atoms with van der Waals surface area (Å²) in [7, 11) is 0. The number of nitrogens with zero attached hydrogens (tertiary/aromatic N) is 2. The number of fused-ring (bicyclic) bond motifs is 1. The molecule has 1 aliphatic heterocycles. The van der Waals surface area contributed by atoms with Crippen LogP contribution in [0.25, 0.3) is 0 Å². The van der Waals surface area contributed by atoms with Gasteiger partial charge in [-0.25, -0.2) is 4.68 Å². The number of ketones is 1. The summed E-state index contributed by atoms with van der Waals surface area (Å²) in [5.74, 6) is 0.517. The third-order valence-electron chi connectivity index (χ3n) is 6.42. The Labute approximate surface area is 193 Å². The van der Waals surface area contributed by atoms with Crippen LogP contribution >= 0.6 is 0 Å². The first-order chi connectivity index (χ1) is 15.7. The largest absolute Gasteiger partial charge is 0.343 e. The number of carbonyl (C=O) groups is 2. The van der Waals surface area contributed by atoms with Crippen LogP contribution in [0.2, 0.25) is 0 Å². The summed E-state index contributed by atoms with van der Waals surface area (Å²) in [4.78, 5) is 26.5. The standard InChI is InChI=1S/C27H28N4O2/c1-16-8-10-18(11-9-16)24-23-21(13-27(3,4)14-22(23)32)30-25-20(15-28-31(24)25)26(33)29-19-7-5-6-17(2)12-19/h5-12,15,24,30H,13-14H2,1-4H3,(H,29,33). The van der Waals surface area contributed by atoms with Crippen molar-refractivity contribution in [2.45, 2.75) is 46.6 Å². The molecule has 3 aromatic rings. The number of hydrogen-bond acceptors (Lipinski definition) is 4. The molecule has 6 heteroatoms. The van der Waals surface area contributed by atoms with Crippen molar-refractivity contribution in [1.82, 2.24) is 9.78 Å². The van der Waals surface area contributed by atoms with Gasteiger partial charge in [-0.2, -0.15) is 5.10 Å². The van der Waals surface area contributed by atoms with Crippen molar-refractivity contribution in [3.8, 4) is 0 Å². The molecule has 1 aliphatic carbocycles. The Kier molecular flexibility index (Phi) is 4.96. The average molecular weight is 441 g/mol. The fourth-order valence-corrected chi connectivity index (χ4v) is 4.86. The maximum atomic E-state index is 13.3. The number of aryl methyl sites for hydroxylation is 2. The number of aromatic nitrogens is 2. The maximum Gasteiger partial charge on any atom is 0.261 e. The number of nitrogens with one attached hydrogen (secondary N) is 2. The molecule has 1 atom stereocenters. The lowest BCUT2D eigenvalue weighted by Gasteiger charge is -2.39. The monoisotopic (exact) mass is 440 g/mol. The van der Waals surface area contributed by atoms with Crippen molar-refractivity contribution in [2.75, 3.05) is 10.6 Å². The van der Waals surface area contributed by atoms with Crippen molar-refractivity contribution >= 4 is 23.2 Å². The SMILES string of the molecule is Cc1ccc(C2C3=C(CC(C)(C)CC3=O)Nc3c(C(=O)Nc4cccc(C)c4)cnn32)cc1. The van der Waals surface area contributed by atoms with E-state index in [2.05, 4.69) is 29.6 Å². The number of anilines is 2. The highest BCUT2D eigenvalue weighted by molar-refractivity contribution is 6.08. The van der Waals surface area contributed by atoms with E-state index in [1.807, 2.05) is 62.4 Å². The van der Waals surface area contributed by atoms with Gasteiger partial charge in [0.1, 0.15) is 17.4 Å². The molecule has 0 fully saturated rings. The van der Waals surface area contributed by atoms with Crippen LogP contribution in [0.5, 0.6) is 0 Å². The average Bonchev–Trinajstić information content (AvgIpc) is 3.16. The number of Topliss-reactive ketones (excluding diaryl/α,β-unsaturated/α-hetero) is 1. The molecular weight excluding hydrogens is 412 g/mol. The number of allylic oxidation sites excluding steroid dienone is 2. The zero-order chi connectivity index (χ0) is 23.3. The van der Waals surface area contributed by atoms with Crippen molar-refractivity contribution in [2.24, 2.45) is 5.41 Å². The topological polar surface area (TPSA) is 76.0 Å². The van der Waals surface area contributed by atoms with Gasteiger partial charge >= 0.3 is 0 Å². The fourth-order valence-electron chi connectivity index (χ4n) is 4.86. The van der Waals surface area contributed by atoms with Crippen LogP contribution in [-0.4, -0.2) is 21.5 Å². The lowest BCUT2D eigenvalue weighted by molar-refractivity contribution is -0.118. The normalized spacial score (nSPS) is 18.9. The van der Waals surface area contributed by atoms with Crippen LogP contribution in [0.4, 0.5) is 11.5 Å². The second-order valence-corrected chi connectivity index (χ2v) is 9.95. The summed E-state index contributed by atoms with van der Waals surface area (Å²) in [5.41, 5.74) is 5.89.